The van der Waals surface area contributed by atoms with E-state index >= 15 is 0 Å². The molecule has 1 unspecified atom stereocenters. The van der Waals surface area contributed by atoms with Gasteiger partial charge in [0.2, 0.25) is 0 Å². The van der Waals surface area contributed by atoms with E-state index in [4.69, 9.17) is 4.74 Å². The Morgan fingerprint density at radius 1 is 0.909 bits per heavy atom. The lowest BCUT2D eigenvalue weighted by Crippen LogP contribution is -2.48. The number of morpholine rings is 1. The zero-order chi connectivity index (χ0) is 22.8. The van der Waals surface area contributed by atoms with Crippen molar-refractivity contribution in [3.05, 3.63) is 107 Å². The number of rotatable bonds is 5. The normalized spacial score (nSPS) is 20.6. The first-order valence-electron chi connectivity index (χ1n) is 10.9. The van der Waals surface area contributed by atoms with E-state index in [2.05, 4.69) is 5.32 Å². The fourth-order valence-electron chi connectivity index (χ4n) is 4.55. The Morgan fingerprint density at radius 3 is 2.12 bits per heavy atom. The molecule has 0 aliphatic carbocycles. The van der Waals surface area contributed by atoms with Crippen LogP contribution in [0.25, 0.3) is 0 Å². The van der Waals surface area contributed by atoms with Crippen LogP contribution in [-0.2, 0) is 15.1 Å². The van der Waals surface area contributed by atoms with Crippen molar-refractivity contribution in [1.82, 2.24) is 15.1 Å². The molecular formula is C26H24FN3O3. The molecule has 33 heavy (non-hydrogen) atoms. The minimum Gasteiger partial charge on any atom is -0.371 e. The summed E-state index contributed by atoms with van der Waals surface area (Å²) in [4.78, 5) is 30.2. The first-order valence-corrected chi connectivity index (χ1v) is 10.9. The minimum absolute atomic E-state index is 0.146. The maximum atomic E-state index is 13.8. The zero-order valence-corrected chi connectivity index (χ0v) is 18.0. The Bertz CT molecular complexity index is 1100. The number of imide groups is 1. The van der Waals surface area contributed by atoms with Gasteiger partial charge in [-0.1, -0.05) is 72.8 Å². The number of ether oxygens (including phenoxy) is 1. The second kappa shape index (κ2) is 8.77. The molecule has 2 aliphatic heterocycles. The molecule has 3 amide bonds. The highest BCUT2D eigenvalue weighted by molar-refractivity contribution is 6.09. The van der Waals surface area contributed by atoms with E-state index in [1.807, 2.05) is 65.6 Å². The van der Waals surface area contributed by atoms with E-state index in [1.54, 1.807) is 12.1 Å². The lowest BCUT2D eigenvalue weighted by Gasteiger charge is -2.35. The van der Waals surface area contributed by atoms with Gasteiger partial charge in [0, 0.05) is 13.1 Å². The second-order valence-electron chi connectivity index (χ2n) is 8.27. The highest BCUT2D eigenvalue weighted by atomic mass is 19.1. The fraction of sp³-hybridized carbons (Fsp3) is 0.231. The van der Waals surface area contributed by atoms with Crippen molar-refractivity contribution in [1.29, 1.82) is 0 Å². The van der Waals surface area contributed by atoms with Crippen molar-refractivity contribution in [2.75, 3.05) is 26.4 Å². The van der Waals surface area contributed by atoms with Gasteiger partial charge < -0.3 is 10.1 Å². The molecule has 0 aromatic heterocycles. The van der Waals surface area contributed by atoms with Gasteiger partial charge >= 0.3 is 6.03 Å². The van der Waals surface area contributed by atoms with E-state index in [9.17, 15) is 14.0 Å². The van der Waals surface area contributed by atoms with Gasteiger partial charge in [0.25, 0.3) is 5.91 Å². The molecule has 2 aliphatic rings. The van der Waals surface area contributed by atoms with Gasteiger partial charge in [-0.15, -0.1) is 0 Å². The summed E-state index contributed by atoms with van der Waals surface area (Å²) in [6.45, 7) is 1.67. The van der Waals surface area contributed by atoms with Crippen LogP contribution in [0.4, 0.5) is 9.18 Å². The summed E-state index contributed by atoms with van der Waals surface area (Å²) in [5.41, 5.74) is 1.01. The Labute approximate surface area is 191 Å². The fourth-order valence-corrected chi connectivity index (χ4v) is 4.55. The molecule has 1 N–H and O–H groups in total. The van der Waals surface area contributed by atoms with Crippen LogP contribution in [-0.4, -0.2) is 48.1 Å². The first-order chi connectivity index (χ1) is 16.1. The molecule has 0 spiro atoms. The maximum absolute atomic E-state index is 13.8. The summed E-state index contributed by atoms with van der Waals surface area (Å²) in [7, 11) is 0. The van der Waals surface area contributed by atoms with Crippen LogP contribution in [0.15, 0.2) is 84.9 Å². The number of halogens is 1. The van der Waals surface area contributed by atoms with Gasteiger partial charge in [-0.3, -0.25) is 9.69 Å². The van der Waals surface area contributed by atoms with Crippen molar-refractivity contribution >= 4 is 11.9 Å². The summed E-state index contributed by atoms with van der Waals surface area (Å²) < 4.78 is 19.2. The quantitative estimate of drug-likeness (QED) is 0.609. The number of benzene rings is 3. The molecule has 0 saturated carbocycles. The van der Waals surface area contributed by atoms with Gasteiger partial charge in [-0.2, -0.15) is 0 Å². The summed E-state index contributed by atoms with van der Waals surface area (Å²) in [6.07, 6.45) is -0.256. The number of amides is 3. The topological polar surface area (TPSA) is 61.9 Å². The molecule has 3 aromatic rings. The molecule has 5 rings (SSSR count). The van der Waals surface area contributed by atoms with Gasteiger partial charge in [0.15, 0.2) is 5.54 Å². The molecule has 0 bridgehead atoms. The average molecular weight is 445 g/mol. The van der Waals surface area contributed by atoms with Gasteiger partial charge in [0.05, 0.1) is 19.4 Å². The number of urea groups is 1. The van der Waals surface area contributed by atoms with Crippen molar-refractivity contribution in [3.8, 4) is 0 Å². The Hall–Kier alpha value is -3.55. The molecule has 2 heterocycles. The SMILES string of the molecule is O=C1NC(c2ccccc2)(c2ccccc2)C(=O)N1CN1CCOC(c2ccc(F)cc2)C1. The van der Waals surface area contributed by atoms with Crippen LogP contribution in [0.3, 0.4) is 0 Å². The first kappa shape index (κ1) is 21.3. The third-order valence-electron chi connectivity index (χ3n) is 6.25. The number of hydrogen-bond donors (Lipinski definition) is 1. The Morgan fingerprint density at radius 2 is 1.52 bits per heavy atom. The second-order valence-corrected chi connectivity index (χ2v) is 8.27. The van der Waals surface area contributed by atoms with E-state index < -0.39 is 11.6 Å². The minimum atomic E-state index is -1.28. The van der Waals surface area contributed by atoms with E-state index in [0.717, 1.165) is 5.56 Å². The predicted octanol–water partition coefficient (Wildman–Crippen LogP) is 3.65. The lowest BCUT2D eigenvalue weighted by atomic mass is 9.83. The van der Waals surface area contributed by atoms with Gasteiger partial charge in [-0.05, 0) is 28.8 Å². The van der Waals surface area contributed by atoms with Gasteiger partial charge in [0.1, 0.15) is 5.82 Å². The third kappa shape index (κ3) is 3.90. The molecule has 7 heteroatoms. The molecule has 0 radical (unpaired) electrons. The summed E-state index contributed by atoms with van der Waals surface area (Å²) in [5, 5.41) is 2.98. The largest absolute Gasteiger partial charge is 0.371 e. The van der Waals surface area contributed by atoms with E-state index in [-0.39, 0.29) is 24.5 Å². The molecule has 2 saturated heterocycles. The number of nitrogens with one attached hydrogen (secondary N) is 1. The molecule has 6 nitrogen and oxygen atoms in total. The monoisotopic (exact) mass is 445 g/mol. The van der Waals surface area contributed by atoms with E-state index in [0.29, 0.717) is 30.8 Å². The standard InChI is InChI=1S/C26H24FN3O3/c27-22-13-11-19(12-14-22)23-17-29(15-16-33-23)18-30-24(31)26(28-25(30)32,20-7-3-1-4-8-20)21-9-5-2-6-10-21/h1-14,23H,15-18H2,(H,28,32). The number of carbonyl (C=O) groups is 2. The predicted molar refractivity (Wildman–Crippen MR) is 121 cm³/mol. The molecular weight excluding hydrogens is 421 g/mol. The van der Waals surface area contributed by atoms with Crippen LogP contribution >= 0.6 is 0 Å². The van der Waals surface area contributed by atoms with Crippen LogP contribution < -0.4 is 5.32 Å². The van der Waals surface area contributed by atoms with E-state index in [1.165, 1.54) is 17.0 Å². The smallest absolute Gasteiger partial charge is 0.326 e. The number of hydrogen-bond acceptors (Lipinski definition) is 4. The lowest BCUT2D eigenvalue weighted by molar-refractivity contribution is -0.133. The summed E-state index contributed by atoms with van der Waals surface area (Å²) in [5.74, 6) is -0.612. The number of carbonyl (C=O) groups excluding carboxylic acids is 2. The van der Waals surface area contributed by atoms with Crippen LogP contribution in [0.1, 0.15) is 22.8 Å². The van der Waals surface area contributed by atoms with Crippen LogP contribution in [0, 0.1) is 5.82 Å². The van der Waals surface area contributed by atoms with Crippen molar-refractivity contribution < 1.29 is 18.7 Å². The Balaban J connectivity index is 1.41. The Kier molecular flexibility index (Phi) is 5.66. The van der Waals surface area contributed by atoms with Crippen molar-refractivity contribution in [3.63, 3.8) is 0 Å². The van der Waals surface area contributed by atoms with Crippen LogP contribution in [0.2, 0.25) is 0 Å². The molecule has 1 atom stereocenters. The highest BCUT2D eigenvalue weighted by Crippen LogP contribution is 2.36. The average Bonchev–Trinajstić information content (AvgIpc) is 3.11. The third-order valence-corrected chi connectivity index (χ3v) is 6.25. The zero-order valence-electron chi connectivity index (χ0n) is 18.0. The van der Waals surface area contributed by atoms with Crippen molar-refractivity contribution in [2.24, 2.45) is 0 Å². The molecule has 168 valence electrons. The maximum Gasteiger partial charge on any atom is 0.326 e. The molecule has 2 fully saturated rings. The highest BCUT2D eigenvalue weighted by Gasteiger charge is 2.54. The molecule has 3 aromatic carbocycles. The van der Waals surface area contributed by atoms with Gasteiger partial charge in [-0.25, -0.2) is 14.1 Å². The number of nitrogens with zero attached hydrogens (tertiary/aromatic N) is 2. The summed E-state index contributed by atoms with van der Waals surface area (Å²) >= 11 is 0. The summed E-state index contributed by atoms with van der Waals surface area (Å²) in [6, 6.07) is 24.4. The van der Waals surface area contributed by atoms with Crippen LogP contribution in [0.5, 0.6) is 0 Å². The van der Waals surface area contributed by atoms with Crippen molar-refractivity contribution in [2.45, 2.75) is 11.6 Å².